The molecule has 0 bridgehead atoms. The second-order valence-electron chi connectivity index (χ2n) is 5.79. The van der Waals surface area contributed by atoms with Gasteiger partial charge in [0.1, 0.15) is 5.75 Å². The molecule has 1 amide bonds. The van der Waals surface area contributed by atoms with Gasteiger partial charge in [0.05, 0.1) is 12.1 Å². The van der Waals surface area contributed by atoms with E-state index in [4.69, 9.17) is 22.1 Å². The summed E-state index contributed by atoms with van der Waals surface area (Å²) in [5, 5.41) is 3.51. The molecule has 1 aromatic carbocycles. The maximum Gasteiger partial charge on any atom is 0.222 e. The van der Waals surface area contributed by atoms with E-state index in [1.54, 1.807) is 19.2 Å². The van der Waals surface area contributed by atoms with Gasteiger partial charge in [-0.25, -0.2) is 0 Å². The molecule has 0 radical (unpaired) electrons. The Morgan fingerprint density at radius 3 is 3.00 bits per heavy atom. The van der Waals surface area contributed by atoms with Crippen molar-refractivity contribution >= 4 is 29.2 Å². The smallest absolute Gasteiger partial charge is 0.222 e. The Balaban J connectivity index is 1.77. The number of nitrogens with zero attached hydrogens (tertiary/aromatic N) is 2. The van der Waals surface area contributed by atoms with Gasteiger partial charge in [-0.15, -0.1) is 0 Å². The van der Waals surface area contributed by atoms with Crippen molar-refractivity contribution in [3.8, 4) is 5.75 Å². The Hall–Kier alpha value is -1.95. The Labute approximate surface area is 148 Å². The van der Waals surface area contributed by atoms with Gasteiger partial charge < -0.3 is 20.7 Å². The molecule has 1 heterocycles. The predicted octanol–water partition coefficient (Wildman–Crippen LogP) is 2.87. The van der Waals surface area contributed by atoms with Crippen molar-refractivity contribution in [2.75, 3.05) is 32.1 Å². The number of carbonyl (C=O) groups is 1. The summed E-state index contributed by atoms with van der Waals surface area (Å²) in [5.74, 6) is 1.20. The fourth-order valence-corrected chi connectivity index (χ4v) is 2.93. The molecular formula is C17H25ClN4O2. The fourth-order valence-electron chi connectivity index (χ4n) is 2.67. The highest BCUT2D eigenvalue weighted by Gasteiger charge is 2.15. The lowest BCUT2D eigenvalue weighted by Gasteiger charge is -2.19. The zero-order valence-electron chi connectivity index (χ0n) is 14.1. The first-order valence-electron chi connectivity index (χ1n) is 8.28. The van der Waals surface area contributed by atoms with Crippen LogP contribution in [0.3, 0.4) is 0 Å². The number of methoxy groups -OCH3 is 1. The first-order chi connectivity index (χ1) is 11.6. The van der Waals surface area contributed by atoms with Crippen LogP contribution < -0.4 is 15.8 Å². The molecule has 2 rings (SSSR count). The highest BCUT2D eigenvalue weighted by molar-refractivity contribution is 6.32. The van der Waals surface area contributed by atoms with Gasteiger partial charge in [-0.2, -0.15) is 0 Å². The van der Waals surface area contributed by atoms with Gasteiger partial charge in [-0.05, 0) is 37.5 Å². The number of halogens is 1. The van der Waals surface area contributed by atoms with Crippen LogP contribution in [-0.2, 0) is 4.79 Å². The van der Waals surface area contributed by atoms with Gasteiger partial charge in [0.15, 0.2) is 5.96 Å². The van der Waals surface area contributed by atoms with Crippen LogP contribution in [0, 0.1) is 0 Å². The highest BCUT2D eigenvalue weighted by atomic mass is 35.5. The van der Waals surface area contributed by atoms with Crippen LogP contribution in [0.4, 0.5) is 5.69 Å². The maximum absolute atomic E-state index is 11.9. The summed E-state index contributed by atoms with van der Waals surface area (Å²) in [4.78, 5) is 18.1. The lowest BCUT2D eigenvalue weighted by molar-refractivity contribution is -0.130. The van der Waals surface area contributed by atoms with Crippen LogP contribution >= 0.6 is 11.6 Å². The van der Waals surface area contributed by atoms with Crippen molar-refractivity contribution in [2.45, 2.75) is 32.1 Å². The molecule has 0 aliphatic carbocycles. The van der Waals surface area contributed by atoms with Crippen molar-refractivity contribution in [3.05, 3.63) is 23.2 Å². The van der Waals surface area contributed by atoms with E-state index in [0.717, 1.165) is 44.5 Å². The van der Waals surface area contributed by atoms with Crippen molar-refractivity contribution in [2.24, 2.45) is 10.7 Å². The average Bonchev–Trinajstić information content (AvgIpc) is 2.76. The number of rotatable bonds is 6. The third-order valence-electron chi connectivity index (χ3n) is 3.96. The number of hydrogen-bond acceptors (Lipinski definition) is 3. The number of carbonyl (C=O) groups excluding carboxylic acids is 1. The molecule has 7 heteroatoms. The summed E-state index contributed by atoms with van der Waals surface area (Å²) >= 11 is 6.07. The molecular weight excluding hydrogens is 328 g/mol. The third kappa shape index (κ3) is 5.60. The summed E-state index contributed by atoms with van der Waals surface area (Å²) in [6.45, 7) is 2.18. The van der Waals surface area contributed by atoms with Crippen LogP contribution in [0.2, 0.25) is 5.02 Å². The summed E-state index contributed by atoms with van der Waals surface area (Å²) in [6.07, 6.45) is 4.72. The second-order valence-corrected chi connectivity index (χ2v) is 6.19. The van der Waals surface area contributed by atoms with Crippen LogP contribution in [0.5, 0.6) is 5.75 Å². The largest absolute Gasteiger partial charge is 0.495 e. The SMILES string of the molecule is COc1ccc(NC(N)=NCCCN2CCCCCC2=O)cc1Cl. The molecule has 0 atom stereocenters. The fraction of sp³-hybridized carbons (Fsp3) is 0.529. The molecule has 0 aromatic heterocycles. The minimum absolute atomic E-state index is 0.260. The maximum atomic E-state index is 11.9. The van der Waals surface area contributed by atoms with E-state index in [1.807, 2.05) is 11.0 Å². The van der Waals surface area contributed by atoms with Gasteiger partial charge >= 0.3 is 0 Å². The first-order valence-corrected chi connectivity index (χ1v) is 8.66. The van der Waals surface area contributed by atoms with E-state index in [-0.39, 0.29) is 5.91 Å². The van der Waals surface area contributed by atoms with E-state index >= 15 is 0 Å². The zero-order valence-corrected chi connectivity index (χ0v) is 14.8. The lowest BCUT2D eigenvalue weighted by atomic mass is 10.2. The van der Waals surface area contributed by atoms with Crippen molar-refractivity contribution in [1.82, 2.24) is 4.90 Å². The predicted molar refractivity (Wildman–Crippen MR) is 97.8 cm³/mol. The summed E-state index contributed by atoms with van der Waals surface area (Å²) in [5.41, 5.74) is 6.64. The molecule has 1 fully saturated rings. The molecule has 1 aliphatic heterocycles. The van der Waals surface area contributed by atoms with E-state index in [2.05, 4.69) is 10.3 Å². The quantitative estimate of drug-likeness (QED) is 0.468. The number of ether oxygens (including phenoxy) is 1. The van der Waals surface area contributed by atoms with Gasteiger partial charge in [0.2, 0.25) is 5.91 Å². The van der Waals surface area contributed by atoms with Crippen LogP contribution in [-0.4, -0.2) is 43.5 Å². The number of guanidine groups is 1. The Morgan fingerprint density at radius 2 is 2.25 bits per heavy atom. The van der Waals surface area contributed by atoms with Crippen LogP contribution in [0.1, 0.15) is 32.1 Å². The number of anilines is 1. The average molecular weight is 353 g/mol. The molecule has 1 aromatic rings. The van der Waals surface area contributed by atoms with Gasteiger partial charge in [-0.3, -0.25) is 9.79 Å². The number of likely N-dealkylation sites (tertiary alicyclic amines) is 1. The highest BCUT2D eigenvalue weighted by Crippen LogP contribution is 2.27. The first kappa shape index (κ1) is 18.4. The monoisotopic (exact) mass is 352 g/mol. The standard InChI is InChI=1S/C17H25ClN4O2/c1-24-15-8-7-13(12-14(15)18)21-17(19)20-9-5-11-22-10-4-2-3-6-16(22)23/h7-8,12H,2-6,9-11H2,1H3,(H3,19,20,21). The van der Waals surface area contributed by atoms with E-state index < -0.39 is 0 Å². The molecule has 132 valence electrons. The minimum atomic E-state index is 0.260. The van der Waals surface area contributed by atoms with Crippen molar-refractivity contribution < 1.29 is 9.53 Å². The minimum Gasteiger partial charge on any atom is -0.495 e. The molecule has 6 nitrogen and oxygen atoms in total. The number of benzene rings is 1. The molecule has 1 aliphatic rings. The van der Waals surface area contributed by atoms with Crippen molar-refractivity contribution in [1.29, 1.82) is 0 Å². The summed E-state index contributed by atoms with van der Waals surface area (Å²) < 4.78 is 5.11. The molecule has 0 saturated carbocycles. The molecule has 0 unspecified atom stereocenters. The number of amides is 1. The Morgan fingerprint density at radius 1 is 1.42 bits per heavy atom. The molecule has 0 spiro atoms. The lowest BCUT2D eigenvalue weighted by Crippen LogP contribution is -2.31. The molecule has 3 N–H and O–H groups in total. The molecule has 1 saturated heterocycles. The topological polar surface area (TPSA) is 80.0 Å². The van der Waals surface area contributed by atoms with E-state index in [1.165, 1.54) is 0 Å². The number of nitrogens with one attached hydrogen (secondary N) is 1. The normalized spacial score (nSPS) is 16.0. The Kier molecular flexibility index (Phi) is 7.18. The number of hydrogen-bond donors (Lipinski definition) is 2. The molecule has 24 heavy (non-hydrogen) atoms. The van der Waals surface area contributed by atoms with Crippen LogP contribution in [0.25, 0.3) is 0 Å². The second kappa shape index (κ2) is 9.37. The van der Waals surface area contributed by atoms with E-state index in [9.17, 15) is 4.79 Å². The zero-order chi connectivity index (χ0) is 17.4. The van der Waals surface area contributed by atoms with Gasteiger partial charge in [0.25, 0.3) is 0 Å². The summed E-state index contributed by atoms with van der Waals surface area (Å²) in [6, 6.07) is 5.32. The van der Waals surface area contributed by atoms with Crippen LogP contribution in [0.15, 0.2) is 23.2 Å². The number of nitrogens with two attached hydrogens (primary N) is 1. The van der Waals surface area contributed by atoms with E-state index in [0.29, 0.717) is 29.7 Å². The van der Waals surface area contributed by atoms with Gasteiger partial charge in [0, 0.05) is 31.7 Å². The van der Waals surface area contributed by atoms with Gasteiger partial charge in [-0.1, -0.05) is 18.0 Å². The van der Waals surface area contributed by atoms with Crippen molar-refractivity contribution in [3.63, 3.8) is 0 Å². The number of aliphatic imine (C=N–C) groups is 1. The third-order valence-corrected chi connectivity index (χ3v) is 4.26. The Bertz CT molecular complexity index is 592. The summed E-state index contributed by atoms with van der Waals surface area (Å²) in [7, 11) is 1.57.